The van der Waals surface area contributed by atoms with Gasteiger partial charge in [-0.3, -0.25) is 4.98 Å². The van der Waals surface area contributed by atoms with Crippen LogP contribution in [-0.2, 0) is 0 Å². The monoisotopic (exact) mass is 267 g/mol. The molecule has 0 amide bonds. The Morgan fingerprint density at radius 3 is 2.60 bits per heavy atom. The predicted octanol–water partition coefficient (Wildman–Crippen LogP) is 4.02. The van der Waals surface area contributed by atoms with Crippen LogP contribution in [0.5, 0.6) is 0 Å². The number of rotatable bonds is 3. The van der Waals surface area contributed by atoms with E-state index in [2.05, 4.69) is 4.98 Å². The quantitative estimate of drug-likeness (QED) is 0.913. The molecule has 1 N–H and O–H groups in total. The highest BCUT2D eigenvalue weighted by Gasteiger charge is 2.25. The Hall–Kier alpha value is -2.16. The fraction of sp³-hybridized carbons (Fsp3) is 0.294. The first kappa shape index (κ1) is 12.9. The minimum absolute atomic E-state index is 0.369. The number of carboxylic acid groups (broad SMARTS) is 1. The summed E-state index contributed by atoms with van der Waals surface area (Å²) in [7, 11) is 0. The van der Waals surface area contributed by atoms with Crippen LogP contribution in [0.2, 0.25) is 0 Å². The molecule has 0 saturated heterocycles. The number of aromatic nitrogens is 1. The van der Waals surface area contributed by atoms with Crippen LogP contribution in [0.25, 0.3) is 11.3 Å². The van der Waals surface area contributed by atoms with Gasteiger partial charge < -0.3 is 5.11 Å². The SMILES string of the molecule is Cc1c(C(=O)O)ccc(C2CCC2)c1-c1ccccn1. The van der Waals surface area contributed by atoms with Gasteiger partial charge in [-0.15, -0.1) is 0 Å². The second-order valence-corrected chi connectivity index (χ2v) is 5.35. The number of hydrogen-bond donors (Lipinski definition) is 1. The molecule has 3 rings (SSSR count). The highest BCUT2D eigenvalue weighted by atomic mass is 16.4. The van der Waals surface area contributed by atoms with Gasteiger partial charge in [0.2, 0.25) is 0 Å². The van der Waals surface area contributed by atoms with E-state index in [1.807, 2.05) is 31.2 Å². The van der Waals surface area contributed by atoms with E-state index in [1.165, 1.54) is 24.8 Å². The van der Waals surface area contributed by atoms with Gasteiger partial charge in [-0.25, -0.2) is 4.79 Å². The fourth-order valence-electron chi connectivity index (χ4n) is 2.87. The van der Waals surface area contributed by atoms with Crippen molar-refractivity contribution in [3.05, 3.63) is 53.2 Å². The molecule has 0 unspecified atom stereocenters. The van der Waals surface area contributed by atoms with Gasteiger partial charge in [0.05, 0.1) is 11.3 Å². The summed E-state index contributed by atoms with van der Waals surface area (Å²) < 4.78 is 0. The zero-order valence-electron chi connectivity index (χ0n) is 11.5. The summed E-state index contributed by atoms with van der Waals surface area (Å²) in [5.74, 6) is -0.326. The average Bonchev–Trinajstić information content (AvgIpc) is 2.37. The molecule has 1 fully saturated rings. The molecule has 1 saturated carbocycles. The number of carboxylic acids is 1. The molecule has 3 nitrogen and oxygen atoms in total. The first-order valence-electron chi connectivity index (χ1n) is 6.96. The molecule has 3 heteroatoms. The van der Waals surface area contributed by atoms with Crippen molar-refractivity contribution in [2.24, 2.45) is 0 Å². The van der Waals surface area contributed by atoms with Crippen LogP contribution in [0, 0.1) is 6.92 Å². The van der Waals surface area contributed by atoms with Gasteiger partial charge in [0.25, 0.3) is 0 Å². The fourth-order valence-corrected chi connectivity index (χ4v) is 2.87. The van der Waals surface area contributed by atoms with E-state index < -0.39 is 5.97 Å². The minimum atomic E-state index is -0.875. The maximum Gasteiger partial charge on any atom is 0.335 e. The normalized spacial score (nSPS) is 14.8. The Morgan fingerprint density at radius 2 is 2.05 bits per heavy atom. The van der Waals surface area contributed by atoms with Gasteiger partial charge in [-0.1, -0.05) is 18.6 Å². The smallest absolute Gasteiger partial charge is 0.335 e. The maximum absolute atomic E-state index is 11.3. The lowest BCUT2D eigenvalue weighted by Crippen LogP contribution is -2.12. The van der Waals surface area contributed by atoms with Gasteiger partial charge in [-0.2, -0.15) is 0 Å². The van der Waals surface area contributed by atoms with Crippen molar-refractivity contribution in [3.63, 3.8) is 0 Å². The first-order valence-corrected chi connectivity index (χ1v) is 6.96. The Bertz CT molecular complexity index is 646. The second kappa shape index (κ2) is 5.08. The van der Waals surface area contributed by atoms with Crippen LogP contribution in [0.3, 0.4) is 0 Å². The number of carbonyl (C=O) groups is 1. The summed E-state index contributed by atoms with van der Waals surface area (Å²) in [4.78, 5) is 15.8. The Labute approximate surface area is 118 Å². The molecule has 1 aliphatic rings. The molecular formula is C17H17NO2. The van der Waals surface area contributed by atoms with Crippen molar-refractivity contribution in [1.82, 2.24) is 4.98 Å². The van der Waals surface area contributed by atoms with Crippen LogP contribution in [0.1, 0.15) is 46.7 Å². The molecule has 1 aromatic heterocycles. The third kappa shape index (κ3) is 2.09. The zero-order chi connectivity index (χ0) is 14.1. The lowest BCUT2D eigenvalue weighted by Gasteiger charge is -2.29. The van der Waals surface area contributed by atoms with Gasteiger partial charge >= 0.3 is 5.97 Å². The minimum Gasteiger partial charge on any atom is -0.478 e. The summed E-state index contributed by atoms with van der Waals surface area (Å²) in [5, 5.41) is 9.32. The number of benzene rings is 1. The van der Waals surface area contributed by atoms with Crippen molar-refractivity contribution in [2.45, 2.75) is 32.1 Å². The van der Waals surface area contributed by atoms with Crippen molar-refractivity contribution in [2.75, 3.05) is 0 Å². The molecule has 0 spiro atoms. The molecule has 0 atom stereocenters. The van der Waals surface area contributed by atoms with Crippen molar-refractivity contribution >= 4 is 5.97 Å². The van der Waals surface area contributed by atoms with E-state index in [0.29, 0.717) is 11.5 Å². The van der Waals surface area contributed by atoms with E-state index in [9.17, 15) is 9.90 Å². The number of pyridine rings is 1. The molecule has 0 radical (unpaired) electrons. The highest BCUT2D eigenvalue weighted by molar-refractivity contribution is 5.92. The summed E-state index contributed by atoms with van der Waals surface area (Å²) in [6.07, 6.45) is 5.39. The molecule has 2 aromatic rings. The van der Waals surface area contributed by atoms with Crippen molar-refractivity contribution in [3.8, 4) is 11.3 Å². The molecule has 20 heavy (non-hydrogen) atoms. The van der Waals surface area contributed by atoms with E-state index in [4.69, 9.17) is 0 Å². The highest BCUT2D eigenvalue weighted by Crippen LogP contribution is 2.42. The van der Waals surface area contributed by atoms with Crippen LogP contribution in [0.4, 0.5) is 0 Å². The lowest BCUT2D eigenvalue weighted by atomic mass is 9.76. The second-order valence-electron chi connectivity index (χ2n) is 5.35. The predicted molar refractivity (Wildman–Crippen MR) is 78.0 cm³/mol. The average molecular weight is 267 g/mol. The van der Waals surface area contributed by atoms with Crippen LogP contribution >= 0.6 is 0 Å². The molecule has 1 aromatic carbocycles. The number of hydrogen-bond acceptors (Lipinski definition) is 2. The van der Waals surface area contributed by atoms with Crippen LogP contribution in [-0.4, -0.2) is 16.1 Å². The standard InChI is InChI=1S/C17H17NO2/c1-11-13(17(19)20)8-9-14(12-5-4-6-12)16(11)15-7-2-3-10-18-15/h2-3,7-10,12H,4-6H2,1H3,(H,19,20). The number of aromatic carboxylic acids is 1. The van der Waals surface area contributed by atoms with Crippen molar-refractivity contribution in [1.29, 1.82) is 0 Å². The zero-order valence-corrected chi connectivity index (χ0v) is 11.5. The Morgan fingerprint density at radius 1 is 1.25 bits per heavy atom. The lowest BCUT2D eigenvalue weighted by molar-refractivity contribution is 0.0696. The topological polar surface area (TPSA) is 50.2 Å². The Kier molecular flexibility index (Phi) is 3.26. The van der Waals surface area contributed by atoms with E-state index in [1.54, 1.807) is 12.3 Å². The molecule has 102 valence electrons. The maximum atomic E-state index is 11.3. The first-order chi connectivity index (χ1) is 9.68. The van der Waals surface area contributed by atoms with Gasteiger partial charge in [-0.05, 0) is 55.0 Å². The number of nitrogens with zero attached hydrogens (tertiary/aromatic N) is 1. The summed E-state index contributed by atoms with van der Waals surface area (Å²) in [6, 6.07) is 9.49. The molecule has 0 bridgehead atoms. The van der Waals surface area contributed by atoms with Gasteiger partial charge in [0.15, 0.2) is 0 Å². The molecule has 1 aliphatic carbocycles. The Balaban J connectivity index is 2.21. The van der Waals surface area contributed by atoms with Crippen molar-refractivity contribution < 1.29 is 9.90 Å². The summed E-state index contributed by atoms with van der Waals surface area (Å²) >= 11 is 0. The van der Waals surface area contributed by atoms with Crippen LogP contribution in [0.15, 0.2) is 36.5 Å². The van der Waals surface area contributed by atoms with E-state index >= 15 is 0 Å². The summed E-state index contributed by atoms with van der Waals surface area (Å²) in [5.41, 5.74) is 4.32. The third-order valence-corrected chi connectivity index (χ3v) is 4.19. The molecular weight excluding hydrogens is 250 g/mol. The molecule has 0 aliphatic heterocycles. The third-order valence-electron chi connectivity index (χ3n) is 4.19. The van der Waals surface area contributed by atoms with E-state index in [0.717, 1.165) is 16.8 Å². The van der Waals surface area contributed by atoms with Gasteiger partial charge in [0.1, 0.15) is 0 Å². The largest absolute Gasteiger partial charge is 0.478 e. The van der Waals surface area contributed by atoms with Crippen LogP contribution < -0.4 is 0 Å². The molecule has 1 heterocycles. The van der Waals surface area contributed by atoms with Gasteiger partial charge in [0, 0.05) is 11.8 Å². The summed E-state index contributed by atoms with van der Waals surface area (Å²) in [6.45, 7) is 1.88. The van der Waals surface area contributed by atoms with E-state index in [-0.39, 0.29) is 0 Å².